The van der Waals surface area contributed by atoms with Gasteiger partial charge in [0.05, 0.1) is 6.54 Å². The number of rotatable bonds is 7. The van der Waals surface area contributed by atoms with Gasteiger partial charge >= 0.3 is 5.97 Å². The quantitative estimate of drug-likeness (QED) is 0.652. The molecule has 0 bridgehead atoms. The number of aliphatic carboxylic acids is 1. The van der Waals surface area contributed by atoms with Crippen molar-refractivity contribution < 1.29 is 19.5 Å². The lowest BCUT2D eigenvalue weighted by Gasteiger charge is -2.33. The van der Waals surface area contributed by atoms with Crippen LogP contribution in [-0.2, 0) is 14.4 Å². The Kier molecular flexibility index (Phi) is 6.74. The van der Waals surface area contributed by atoms with E-state index in [4.69, 9.17) is 0 Å². The van der Waals surface area contributed by atoms with Crippen LogP contribution in [-0.4, -0.2) is 46.5 Å². The molecule has 0 radical (unpaired) electrons. The van der Waals surface area contributed by atoms with Crippen molar-refractivity contribution in [1.82, 2.24) is 10.6 Å². The summed E-state index contributed by atoms with van der Waals surface area (Å²) in [7, 11) is 0. The molecule has 1 saturated heterocycles. The van der Waals surface area contributed by atoms with E-state index in [1.54, 1.807) is 11.8 Å². The van der Waals surface area contributed by atoms with Crippen LogP contribution in [0.15, 0.2) is 0 Å². The Bertz CT molecular complexity index is 443. The van der Waals surface area contributed by atoms with Crippen LogP contribution in [0.2, 0.25) is 0 Å². The standard InChI is InChI=1S/C16H26N2O4S/c19-13(6-5-12-3-1-2-4-12)17-11-14(20)18-16(15(21)22)7-9-23-10-8-16/h12H,1-11H2,(H,17,19)(H,18,20)(H,21,22). The molecule has 0 atom stereocenters. The number of carbonyl (C=O) groups is 3. The third-order valence-electron chi connectivity index (χ3n) is 4.83. The lowest BCUT2D eigenvalue weighted by atomic mass is 9.92. The van der Waals surface area contributed by atoms with Crippen molar-refractivity contribution in [3.05, 3.63) is 0 Å². The number of nitrogens with one attached hydrogen (secondary N) is 2. The highest BCUT2D eigenvalue weighted by molar-refractivity contribution is 7.99. The lowest BCUT2D eigenvalue weighted by Crippen LogP contribution is -2.58. The van der Waals surface area contributed by atoms with Gasteiger partial charge in [0.25, 0.3) is 0 Å². The Hall–Kier alpha value is -1.24. The van der Waals surface area contributed by atoms with Gasteiger partial charge in [-0.05, 0) is 36.7 Å². The number of hydrogen-bond acceptors (Lipinski definition) is 4. The zero-order valence-electron chi connectivity index (χ0n) is 13.4. The Labute approximate surface area is 141 Å². The summed E-state index contributed by atoms with van der Waals surface area (Å²) in [6.07, 6.45) is 7.08. The number of carboxylic acids is 1. The van der Waals surface area contributed by atoms with E-state index in [0.717, 1.165) is 17.9 Å². The summed E-state index contributed by atoms with van der Waals surface area (Å²) in [6, 6.07) is 0. The molecule has 0 aromatic carbocycles. The zero-order chi connectivity index (χ0) is 16.7. The molecule has 0 unspecified atom stereocenters. The van der Waals surface area contributed by atoms with Gasteiger partial charge in [0, 0.05) is 6.42 Å². The second kappa shape index (κ2) is 8.57. The average Bonchev–Trinajstić information content (AvgIpc) is 3.05. The molecule has 23 heavy (non-hydrogen) atoms. The van der Waals surface area contributed by atoms with Crippen LogP contribution >= 0.6 is 11.8 Å². The summed E-state index contributed by atoms with van der Waals surface area (Å²) >= 11 is 1.69. The van der Waals surface area contributed by atoms with Crippen LogP contribution in [0.1, 0.15) is 51.4 Å². The fraction of sp³-hybridized carbons (Fsp3) is 0.812. The minimum absolute atomic E-state index is 0.129. The molecule has 6 nitrogen and oxygen atoms in total. The van der Waals surface area contributed by atoms with Crippen molar-refractivity contribution in [2.75, 3.05) is 18.1 Å². The first-order valence-corrected chi connectivity index (χ1v) is 9.56. The molecule has 7 heteroatoms. The summed E-state index contributed by atoms with van der Waals surface area (Å²) in [6.45, 7) is -0.147. The summed E-state index contributed by atoms with van der Waals surface area (Å²) in [5, 5.41) is 14.6. The van der Waals surface area contributed by atoms with Gasteiger partial charge in [-0.15, -0.1) is 0 Å². The maximum absolute atomic E-state index is 12.0. The maximum Gasteiger partial charge on any atom is 0.329 e. The second-order valence-corrected chi connectivity index (χ2v) is 7.74. The van der Waals surface area contributed by atoms with Gasteiger partial charge in [0.2, 0.25) is 11.8 Å². The highest BCUT2D eigenvalue weighted by Crippen LogP contribution is 2.28. The molecule has 0 aromatic heterocycles. The van der Waals surface area contributed by atoms with Crippen LogP contribution in [0, 0.1) is 5.92 Å². The van der Waals surface area contributed by atoms with Crippen molar-refractivity contribution >= 4 is 29.5 Å². The van der Waals surface area contributed by atoms with Gasteiger partial charge in [-0.3, -0.25) is 9.59 Å². The van der Waals surface area contributed by atoms with E-state index in [2.05, 4.69) is 10.6 Å². The van der Waals surface area contributed by atoms with E-state index in [-0.39, 0.29) is 12.5 Å². The molecule has 0 aromatic rings. The monoisotopic (exact) mass is 342 g/mol. The zero-order valence-corrected chi connectivity index (χ0v) is 14.3. The predicted octanol–water partition coefficient (Wildman–Crippen LogP) is 1.54. The summed E-state index contributed by atoms with van der Waals surface area (Å²) in [4.78, 5) is 35.3. The van der Waals surface area contributed by atoms with Crippen LogP contribution in [0.4, 0.5) is 0 Å². The highest BCUT2D eigenvalue weighted by Gasteiger charge is 2.41. The number of thioether (sulfide) groups is 1. The Balaban J connectivity index is 1.70. The molecule has 1 aliphatic heterocycles. The maximum atomic E-state index is 12.0. The van der Waals surface area contributed by atoms with Gasteiger partial charge in [0.15, 0.2) is 0 Å². The van der Waals surface area contributed by atoms with E-state index < -0.39 is 17.4 Å². The van der Waals surface area contributed by atoms with Crippen molar-refractivity contribution in [3.63, 3.8) is 0 Å². The molecular weight excluding hydrogens is 316 g/mol. The van der Waals surface area contributed by atoms with E-state index in [0.29, 0.717) is 25.2 Å². The third-order valence-corrected chi connectivity index (χ3v) is 5.82. The summed E-state index contributed by atoms with van der Waals surface area (Å²) < 4.78 is 0. The molecule has 0 spiro atoms. The van der Waals surface area contributed by atoms with Gasteiger partial charge < -0.3 is 15.7 Å². The average molecular weight is 342 g/mol. The van der Waals surface area contributed by atoms with Gasteiger partial charge in [-0.1, -0.05) is 25.7 Å². The minimum atomic E-state index is -1.17. The molecule has 2 amide bonds. The van der Waals surface area contributed by atoms with Crippen molar-refractivity contribution in [2.24, 2.45) is 5.92 Å². The fourth-order valence-corrected chi connectivity index (χ4v) is 4.51. The van der Waals surface area contributed by atoms with E-state index in [9.17, 15) is 19.5 Å². The first kappa shape index (κ1) is 18.1. The molecule has 1 saturated carbocycles. The van der Waals surface area contributed by atoms with Crippen molar-refractivity contribution in [1.29, 1.82) is 0 Å². The van der Waals surface area contributed by atoms with E-state index in [1.165, 1.54) is 25.7 Å². The molecule has 2 fully saturated rings. The molecule has 2 aliphatic rings. The first-order chi connectivity index (χ1) is 11.0. The lowest BCUT2D eigenvalue weighted by molar-refractivity contribution is -0.148. The number of hydrogen-bond donors (Lipinski definition) is 3. The number of amides is 2. The first-order valence-electron chi connectivity index (χ1n) is 8.41. The molecule has 3 N–H and O–H groups in total. The third kappa shape index (κ3) is 5.41. The van der Waals surface area contributed by atoms with E-state index >= 15 is 0 Å². The minimum Gasteiger partial charge on any atom is -0.480 e. The Morgan fingerprint density at radius 1 is 1.09 bits per heavy atom. The highest BCUT2D eigenvalue weighted by atomic mass is 32.2. The Morgan fingerprint density at radius 3 is 2.35 bits per heavy atom. The molecule has 1 heterocycles. The summed E-state index contributed by atoms with van der Waals surface area (Å²) in [5.41, 5.74) is -1.17. The van der Waals surface area contributed by atoms with Crippen LogP contribution < -0.4 is 10.6 Å². The number of carbonyl (C=O) groups excluding carboxylic acids is 2. The van der Waals surface area contributed by atoms with Gasteiger partial charge in [0.1, 0.15) is 5.54 Å². The van der Waals surface area contributed by atoms with Crippen LogP contribution in [0.3, 0.4) is 0 Å². The molecule has 1 aliphatic carbocycles. The van der Waals surface area contributed by atoms with Gasteiger partial charge in [-0.25, -0.2) is 4.79 Å². The van der Waals surface area contributed by atoms with E-state index in [1.807, 2.05) is 0 Å². The van der Waals surface area contributed by atoms with Crippen molar-refractivity contribution in [3.8, 4) is 0 Å². The Morgan fingerprint density at radius 2 is 1.74 bits per heavy atom. The number of carboxylic acid groups (broad SMARTS) is 1. The predicted molar refractivity (Wildman–Crippen MR) is 89.3 cm³/mol. The summed E-state index contributed by atoms with van der Waals surface area (Å²) in [5.74, 6) is 0.549. The normalized spacial score (nSPS) is 20.9. The largest absolute Gasteiger partial charge is 0.480 e. The topological polar surface area (TPSA) is 95.5 Å². The SMILES string of the molecule is O=C(CCC1CCCC1)NCC(=O)NC1(C(=O)O)CCSCC1. The molecule has 130 valence electrons. The van der Waals surface area contributed by atoms with Crippen molar-refractivity contribution in [2.45, 2.75) is 56.9 Å². The second-order valence-electron chi connectivity index (χ2n) is 6.51. The van der Waals surface area contributed by atoms with Gasteiger partial charge in [-0.2, -0.15) is 11.8 Å². The van der Waals surface area contributed by atoms with Crippen LogP contribution in [0.25, 0.3) is 0 Å². The smallest absolute Gasteiger partial charge is 0.329 e. The van der Waals surface area contributed by atoms with Crippen LogP contribution in [0.5, 0.6) is 0 Å². The molecular formula is C16H26N2O4S. The molecule has 2 rings (SSSR count). The fourth-order valence-electron chi connectivity index (χ4n) is 3.32.